The zero-order chi connectivity index (χ0) is 15.2. The summed E-state index contributed by atoms with van der Waals surface area (Å²) in [4.78, 5) is 12.0. The van der Waals surface area contributed by atoms with Crippen molar-refractivity contribution in [2.24, 2.45) is 0 Å². The van der Waals surface area contributed by atoms with Gasteiger partial charge in [-0.25, -0.2) is 0 Å². The summed E-state index contributed by atoms with van der Waals surface area (Å²) in [5, 5.41) is 0.179. The second kappa shape index (κ2) is 9.15. The molecule has 0 spiro atoms. The Kier molecular flexibility index (Phi) is 7.89. The minimum Gasteiger partial charge on any atom is -0.481 e. The molecule has 1 aromatic carbocycles. The molecule has 0 aliphatic heterocycles. The Hall–Kier alpha value is -1.08. The Bertz CT molecular complexity index is 742. The normalized spacial score (nSPS) is 9.41. The van der Waals surface area contributed by atoms with Crippen LogP contribution in [-0.2, 0) is 39.3 Å². The Balaban J connectivity index is 0.00000242. The van der Waals surface area contributed by atoms with Crippen LogP contribution in [0, 0.1) is 17.9 Å². The van der Waals surface area contributed by atoms with Crippen LogP contribution >= 0.6 is 11.6 Å². The van der Waals surface area contributed by atoms with E-state index >= 15 is 0 Å². The summed E-state index contributed by atoms with van der Waals surface area (Å²) >= 11 is 5.85. The zero-order valence-corrected chi connectivity index (χ0v) is 16.1. The Labute approximate surface area is 160 Å². The monoisotopic (exact) mass is 389 g/mol. The van der Waals surface area contributed by atoms with Crippen LogP contribution in [0.1, 0.15) is 13.8 Å². The number of benzene rings is 1. The van der Waals surface area contributed by atoms with Crippen LogP contribution in [0.15, 0.2) is 35.1 Å². The first-order valence-electron chi connectivity index (χ1n) is 6.61. The van der Waals surface area contributed by atoms with E-state index in [1.165, 1.54) is 6.07 Å². The van der Waals surface area contributed by atoms with Crippen molar-refractivity contribution < 1.29 is 37.4 Å². The number of aromatic nitrogens is 1. The van der Waals surface area contributed by atoms with E-state index in [0.29, 0.717) is 18.8 Å². The smallest absolute Gasteiger partial charge is 0.212 e. The Morgan fingerprint density at radius 3 is 2.59 bits per heavy atom. The fourth-order valence-corrected chi connectivity index (χ4v) is 2.10. The van der Waals surface area contributed by atoms with Gasteiger partial charge in [0.1, 0.15) is 12.4 Å². The molecule has 0 saturated carbocycles. The van der Waals surface area contributed by atoms with Crippen LogP contribution in [0.4, 0.5) is 0 Å². The van der Waals surface area contributed by atoms with E-state index in [0.717, 1.165) is 11.3 Å². The Morgan fingerprint density at radius 1 is 1.32 bits per heavy atom. The molecular formula is C17H15ClNO2Y-. The fourth-order valence-electron chi connectivity index (χ4n) is 1.94. The van der Waals surface area contributed by atoms with Crippen molar-refractivity contribution in [1.29, 1.82) is 0 Å². The van der Waals surface area contributed by atoms with Gasteiger partial charge in [0.05, 0.1) is 0 Å². The van der Waals surface area contributed by atoms with Crippen molar-refractivity contribution in [2.45, 2.75) is 20.4 Å². The van der Waals surface area contributed by atoms with E-state index in [1.807, 2.05) is 31.2 Å². The number of ether oxygens (including phenoxy) is 1. The van der Waals surface area contributed by atoms with Crippen LogP contribution in [0.2, 0.25) is 5.02 Å². The van der Waals surface area contributed by atoms with Crippen LogP contribution in [0.5, 0.6) is 5.75 Å². The fraction of sp³-hybridized carbons (Fsp3) is 0.235. The summed E-state index contributed by atoms with van der Waals surface area (Å²) in [5.41, 5.74) is 1.40. The number of pyridine rings is 1. The van der Waals surface area contributed by atoms with Crippen molar-refractivity contribution >= 4 is 11.6 Å². The number of hydrogen-bond acceptors (Lipinski definition) is 2. The summed E-state index contributed by atoms with van der Waals surface area (Å²) in [6.07, 6.45) is 0. The maximum Gasteiger partial charge on any atom is 0.212 e. The van der Waals surface area contributed by atoms with Gasteiger partial charge in [0.15, 0.2) is 0 Å². The summed E-state index contributed by atoms with van der Waals surface area (Å²) in [6.45, 7) is 4.57. The van der Waals surface area contributed by atoms with E-state index in [-0.39, 0.29) is 43.3 Å². The Morgan fingerprint density at radius 2 is 2.00 bits per heavy atom. The zero-order valence-electron chi connectivity index (χ0n) is 12.5. The molecule has 111 valence electrons. The number of nitrogens with zero attached hydrogens (tertiary/aromatic N) is 1. The SMILES string of the molecule is CC#CCOc1ccc(-c2[c-]cc(Cl)c(=O)n2CC)cc1.[Y]. The summed E-state index contributed by atoms with van der Waals surface area (Å²) in [5.74, 6) is 6.34. The third-order valence-corrected chi connectivity index (χ3v) is 3.26. The average molecular weight is 390 g/mol. The maximum absolute atomic E-state index is 12.0. The first-order valence-corrected chi connectivity index (χ1v) is 6.99. The largest absolute Gasteiger partial charge is 0.481 e. The molecule has 0 N–H and O–H groups in total. The molecule has 2 rings (SSSR count). The predicted molar refractivity (Wildman–Crippen MR) is 84.6 cm³/mol. The van der Waals surface area contributed by atoms with E-state index < -0.39 is 0 Å². The molecule has 0 amide bonds. The number of hydrogen-bond donors (Lipinski definition) is 0. The maximum atomic E-state index is 12.0. The van der Waals surface area contributed by atoms with Crippen LogP contribution in [-0.4, -0.2) is 11.2 Å². The third kappa shape index (κ3) is 4.46. The summed E-state index contributed by atoms with van der Waals surface area (Å²) in [7, 11) is 0. The molecule has 0 aliphatic carbocycles. The van der Waals surface area contributed by atoms with Crippen molar-refractivity contribution in [3.05, 3.63) is 51.8 Å². The third-order valence-electron chi connectivity index (χ3n) is 2.99. The minimum absolute atomic E-state index is 0. The molecule has 5 heteroatoms. The van der Waals surface area contributed by atoms with Crippen molar-refractivity contribution in [1.82, 2.24) is 4.57 Å². The predicted octanol–water partition coefficient (Wildman–Crippen LogP) is 3.39. The van der Waals surface area contributed by atoms with E-state index in [2.05, 4.69) is 17.9 Å². The summed E-state index contributed by atoms with van der Waals surface area (Å²) in [6, 6.07) is 12.0. The van der Waals surface area contributed by atoms with Gasteiger partial charge >= 0.3 is 0 Å². The number of rotatable bonds is 4. The van der Waals surface area contributed by atoms with Crippen molar-refractivity contribution in [3.8, 4) is 28.8 Å². The van der Waals surface area contributed by atoms with Crippen LogP contribution < -0.4 is 10.3 Å². The van der Waals surface area contributed by atoms with Crippen molar-refractivity contribution in [2.75, 3.05) is 6.61 Å². The van der Waals surface area contributed by atoms with E-state index in [9.17, 15) is 4.79 Å². The van der Waals surface area contributed by atoms with Gasteiger partial charge in [-0.3, -0.25) is 4.79 Å². The average Bonchev–Trinajstić information content (AvgIpc) is 2.51. The van der Waals surface area contributed by atoms with Gasteiger partial charge in [-0.2, -0.15) is 23.7 Å². The summed E-state index contributed by atoms with van der Waals surface area (Å²) < 4.78 is 7.06. The second-order valence-corrected chi connectivity index (χ2v) is 4.68. The topological polar surface area (TPSA) is 31.2 Å². The van der Waals surface area contributed by atoms with Crippen molar-refractivity contribution in [3.63, 3.8) is 0 Å². The molecule has 0 aliphatic rings. The minimum atomic E-state index is -0.202. The molecule has 0 atom stereocenters. The van der Waals surface area contributed by atoms with Gasteiger partial charge in [-0.05, 0) is 26.0 Å². The molecule has 1 radical (unpaired) electrons. The van der Waals surface area contributed by atoms with Gasteiger partial charge in [0.25, 0.3) is 0 Å². The molecule has 0 bridgehead atoms. The first-order chi connectivity index (χ1) is 10.2. The molecule has 1 heterocycles. The van der Waals surface area contributed by atoms with Gasteiger partial charge in [0.2, 0.25) is 5.56 Å². The number of halogens is 1. The molecule has 22 heavy (non-hydrogen) atoms. The molecule has 1 aromatic heterocycles. The van der Waals surface area contributed by atoms with Gasteiger partial charge < -0.3 is 9.30 Å². The molecule has 2 aromatic rings. The molecule has 0 unspecified atom stereocenters. The molecule has 0 saturated heterocycles. The van der Waals surface area contributed by atoms with Crippen LogP contribution in [0.3, 0.4) is 0 Å². The van der Waals surface area contributed by atoms with Crippen LogP contribution in [0.25, 0.3) is 11.3 Å². The van der Waals surface area contributed by atoms with E-state index in [4.69, 9.17) is 16.3 Å². The standard InChI is InChI=1S/C17H15ClNO2.Y/c1-3-5-12-21-14-8-6-13(7-9-14)16-11-10-15(18)17(20)19(16)4-2;/h6-10H,4,12H2,1-2H3;/q-1;. The van der Waals surface area contributed by atoms with E-state index in [1.54, 1.807) is 11.5 Å². The van der Waals surface area contributed by atoms with Gasteiger partial charge in [0, 0.05) is 44.3 Å². The van der Waals surface area contributed by atoms with Gasteiger partial charge in [-0.1, -0.05) is 17.2 Å². The quantitative estimate of drug-likeness (QED) is 0.593. The second-order valence-electron chi connectivity index (χ2n) is 4.27. The molecular weight excluding hydrogens is 375 g/mol. The first kappa shape index (κ1) is 19.0. The molecule has 3 nitrogen and oxygen atoms in total. The molecule has 0 fully saturated rings. The van der Waals surface area contributed by atoms with Gasteiger partial charge in [-0.15, -0.1) is 18.1 Å².